The number of benzene rings is 1. The first-order valence-electron chi connectivity index (χ1n) is 8.73. The molecular formula is C18H24N4O2S2. The van der Waals surface area contributed by atoms with E-state index >= 15 is 0 Å². The number of fused-ring (bicyclic) bond motifs is 1. The van der Waals surface area contributed by atoms with E-state index in [1.54, 1.807) is 17.5 Å². The molecule has 8 heteroatoms. The molecule has 0 radical (unpaired) electrons. The molecule has 1 aliphatic heterocycles. The minimum Gasteiger partial charge on any atom is -0.357 e. The maximum Gasteiger partial charge on any atom is 0.250 e. The van der Waals surface area contributed by atoms with Crippen molar-refractivity contribution in [2.45, 2.75) is 24.1 Å². The van der Waals surface area contributed by atoms with Crippen LogP contribution < -0.4 is 10.0 Å². The van der Waals surface area contributed by atoms with Gasteiger partial charge in [0.1, 0.15) is 4.21 Å². The Balaban J connectivity index is 1.60. The summed E-state index contributed by atoms with van der Waals surface area (Å²) in [4.78, 5) is 6.82. The molecule has 1 aliphatic rings. The van der Waals surface area contributed by atoms with Crippen LogP contribution in [0.3, 0.4) is 0 Å². The molecule has 140 valence electrons. The Bertz CT molecular complexity index is 848. The Morgan fingerprint density at radius 1 is 1.23 bits per heavy atom. The maximum atomic E-state index is 12.1. The molecule has 0 spiro atoms. The van der Waals surface area contributed by atoms with Gasteiger partial charge in [-0.3, -0.25) is 4.99 Å². The highest BCUT2D eigenvalue weighted by molar-refractivity contribution is 7.91. The second-order valence-corrected chi connectivity index (χ2v) is 8.95. The van der Waals surface area contributed by atoms with Crippen LogP contribution in [-0.2, 0) is 23.0 Å². The fourth-order valence-corrected chi connectivity index (χ4v) is 4.99. The molecule has 0 amide bonds. The second kappa shape index (κ2) is 8.66. The minimum absolute atomic E-state index is 0.277. The summed E-state index contributed by atoms with van der Waals surface area (Å²) in [7, 11) is -3.43. The number of guanidine groups is 1. The van der Waals surface area contributed by atoms with Crippen LogP contribution in [0.2, 0.25) is 0 Å². The van der Waals surface area contributed by atoms with Gasteiger partial charge in [0.05, 0.1) is 6.54 Å². The third kappa shape index (κ3) is 4.63. The normalized spacial score (nSPS) is 15.0. The number of thiophene rings is 1. The van der Waals surface area contributed by atoms with Crippen molar-refractivity contribution < 1.29 is 8.42 Å². The van der Waals surface area contributed by atoms with Gasteiger partial charge in [-0.2, -0.15) is 0 Å². The topological polar surface area (TPSA) is 73.8 Å². The van der Waals surface area contributed by atoms with E-state index in [2.05, 4.69) is 44.2 Å². The summed E-state index contributed by atoms with van der Waals surface area (Å²) >= 11 is 1.21. The molecule has 0 saturated heterocycles. The highest BCUT2D eigenvalue weighted by Crippen LogP contribution is 2.18. The molecule has 2 aromatic rings. The van der Waals surface area contributed by atoms with Gasteiger partial charge in [-0.25, -0.2) is 13.1 Å². The molecule has 0 aliphatic carbocycles. The van der Waals surface area contributed by atoms with Crippen LogP contribution in [-0.4, -0.2) is 45.5 Å². The summed E-state index contributed by atoms with van der Waals surface area (Å²) in [6, 6.07) is 11.8. The lowest BCUT2D eigenvalue weighted by Gasteiger charge is -2.31. The SMILES string of the molecule is CCNC(=NCCNS(=O)(=O)c1cccs1)N1CCc2ccccc2C1. The fourth-order valence-electron chi connectivity index (χ4n) is 2.93. The van der Waals surface area contributed by atoms with E-state index in [1.807, 2.05) is 6.92 Å². The van der Waals surface area contributed by atoms with Gasteiger partial charge in [0.25, 0.3) is 0 Å². The van der Waals surface area contributed by atoms with E-state index in [0.717, 1.165) is 32.0 Å². The maximum absolute atomic E-state index is 12.1. The first kappa shape index (κ1) is 18.9. The lowest BCUT2D eigenvalue weighted by atomic mass is 10.0. The zero-order valence-corrected chi connectivity index (χ0v) is 16.4. The van der Waals surface area contributed by atoms with Crippen LogP contribution in [0.15, 0.2) is 51.0 Å². The summed E-state index contributed by atoms with van der Waals surface area (Å²) in [5.74, 6) is 0.831. The van der Waals surface area contributed by atoms with E-state index in [-0.39, 0.29) is 6.54 Å². The number of nitrogens with one attached hydrogen (secondary N) is 2. The number of rotatable bonds is 6. The summed E-state index contributed by atoms with van der Waals surface area (Å²) in [5.41, 5.74) is 2.71. The summed E-state index contributed by atoms with van der Waals surface area (Å²) < 4.78 is 27.2. The van der Waals surface area contributed by atoms with Crippen molar-refractivity contribution in [3.05, 3.63) is 52.9 Å². The van der Waals surface area contributed by atoms with Gasteiger partial charge >= 0.3 is 0 Å². The van der Waals surface area contributed by atoms with Crippen molar-refractivity contribution >= 4 is 27.3 Å². The molecule has 0 fully saturated rings. The Kier molecular flexibility index (Phi) is 6.29. The van der Waals surface area contributed by atoms with Gasteiger partial charge in [0.15, 0.2) is 5.96 Å². The van der Waals surface area contributed by atoms with Gasteiger partial charge in [-0.05, 0) is 35.9 Å². The van der Waals surface area contributed by atoms with Crippen LogP contribution >= 0.6 is 11.3 Å². The highest BCUT2D eigenvalue weighted by Gasteiger charge is 2.19. The molecule has 2 heterocycles. The smallest absolute Gasteiger partial charge is 0.250 e. The molecule has 6 nitrogen and oxygen atoms in total. The number of aliphatic imine (C=N–C) groups is 1. The van der Waals surface area contributed by atoms with Crippen molar-refractivity contribution in [1.29, 1.82) is 0 Å². The zero-order valence-electron chi connectivity index (χ0n) is 14.8. The largest absolute Gasteiger partial charge is 0.357 e. The molecule has 26 heavy (non-hydrogen) atoms. The van der Waals surface area contributed by atoms with Crippen LogP contribution in [0.25, 0.3) is 0 Å². The number of nitrogens with zero attached hydrogens (tertiary/aromatic N) is 2. The van der Waals surface area contributed by atoms with Crippen molar-refractivity contribution in [2.24, 2.45) is 4.99 Å². The second-order valence-electron chi connectivity index (χ2n) is 6.01. The Morgan fingerprint density at radius 3 is 2.77 bits per heavy atom. The predicted octanol–water partition coefficient (Wildman–Crippen LogP) is 2.05. The van der Waals surface area contributed by atoms with E-state index in [9.17, 15) is 8.42 Å². The first-order chi connectivity index (χ1) is 12.6. The van der Waals surface area contributed by atoms with Crippen molar-refractivity contribution in [3.8, 4) is 0 Å². The van der Waals surface area contributed by atoms with Crippen molar-refractivity contribution in [2.75, 3.05) is 26.2 Å². The monoisotopic (exact) mass is 392 g/mol. The Labute approximate surface area is 159 Å². The Morgan fingerprint density at radius 2 is 2.04 bits per heavy atom. The third-order valence-electron chi connectivity index (χ3n) is 4.19. The summed E-state index contributed by atoms with van der Waals surface area (Å²) in [6.07, 6.45) is 0.992. The van der Waals surface area contributed by atoms with E-state index in [1.165, 1.54) is 22.5 Å². The molecular weight excluding hydrogens is 368 g/mol. The molecule has 1 aromatic heterocycles. The molecule has 0 unspecified atom stereocenters. The van der Waals surface area contributed by atoms with E-state index in [0.29, 0.717) is 10.8 Å². The standard InChI is InChI=1S/C18H24N4O2S2/c1-2-19-18(22-12-9-15-6-3-4-7-16(15)14-22)20-10-11-21-26(23,24)17-8-5-13-25-17/h3-8,13,21H,2,9-12,14H2,1H3,(H,19,20). The van der Waals surface area contributed by atoms with Crippen LogP contribution in [0, 0.1) is 0 Å². The van der Waals surface area contributed by atoms with Crippen molar-refractivity contribution in [1.82, 2.24) is 14.9 Å². The number of sulfonamides is 1. The van der Waals surface area contributed by atoms with Gasteiger partial charge in [-0.15, -0.1) is 11.3 Å². The van der Waals surface area contributed by atoms with Gasteiger partial charge in [0, 0.05) is 26.2 Å². The van der Waals surface area contributed by atoms with E-state index < -0.39 is 10.0 Å². The summed E-state index contributed by atoms with van der Waals surface area (Å²) in [5, 5.41) is 5.06. The average molecular weight is 393 g/mol. The van der Waals surface area contributed by atoms with Crippen molar-refractivity contribution in [3.63, 3.8) is 0 Å². The first-order valence-corrected chi connectivity index (χ1v) is 11.1. The molecule has 0 atom stereocenters. The van der Waals surface area contributed by atoms with Crippen LogP contribution in [0.5, 0.6) is 0 Å². The zero-order chi connectivity index (χ0) is 18.4. The van der Waals surface area contributed by atoms with Gasteiger partial charge in [0.2, 0.25) is 10.0 Å². The lowest BCUT2D eigenvalue weighted by molar-refractivity contribution is 0.379. The van der Waals surface area contributed by atoms with Crippen LogP contribution in [0.4, 0.5) is 0 Å². The van der Waals surface area contributed by atoms with Gasteiger partial charge < -0.3 is 10.2 Å². The number of hydrogen-bond donors (Lipinski definition) is 2. The lowest BCUT2D eigenvalue weighted by Crippen LogP contribution is -2.44. The van der Waals surface area contributed by atoms with E-state index in [4.69, 9.17) is 0 Å². The molecule has 3 rings (SSSR count). The predicted molar refractivity (Wildman–Crippen MR) is 106 cm³/mol. The van der Waals surface area contributed by atoms with Crippen LogP contribution in [0.1, 0.15) is 18.1 Å². The van der Waals surface area contributed by atoms with Gasteiger partial charge in [-0.1, -0.05) is 30.3 Å². The molecule has 0 saturated carbocycles. The fraction of sp³-hybridized carbons (Fsp3) is 0.389. The summed E-state index contributed by atoms with van der Waals surface area (Å²) in [6.45, 7) is 5.21. The highest BCUT2D eigenvalue weighted by atomic mass is 32.2. The Hall–Kier alpha value is -1.90. The third-order valence-corrected chi connectivity index (χ3v) is 7.05. The molecule has 2 N–H and O–H groups in total. The minimum atomic E-state index is -3.43. The quantitative estimate of drug-likeness (QED) is 0.448. The molecule has 0 bridgehead atoms. The molecule has 1 aromatic carbocycles. The number of hydrogen-bond acceptors (Lipinski definition) is 4. The average Bonchev–Trinajstić information content (AvgIpc) is 3.19.